The number of ether oxygens (including phenoxy) is 1. The molecule has 0 spiro atoms. The molecule has 0 bridgehead atoms. The molecule has 6 heteroatoms. The number of anilines is 2. The molecule has 4 nitrogen and oxygen atoms in total. The smallest absolute Gasteiger partial charge is 0.138 e. The van der Waals surface area contributed by atoms with Gasteiger partial charge in [-0.2, -0.15) is 0 Å². The molecule has 0 aliphatic rings. The van der Waals surface area contributed by atoms with Crippen LogP contribution in [0.5, 0.6) is 11.5 Å². The summed E-state index contributed by atoms with van der Waals surface area (Å²) in [5.41, 5.74) is 13.2. The van der Waals surface area contributed by atoms with Gasteiger partial charge in [0.2, 0.25) is 0 Å². The number of halogens is 2. The minimum atomic E-state index is 0.0610. The molecule has 0 aliphatic heterocycles. The third-order valence-corrected chi connectivity index (χ3v) is 3.76. The second-order valence-electron chi connectivity index (χ2n) is 5.17. The summed E-state index contributed by atoms with van der Waals surface area (Å²) >= 11 is 11.5. The number of benzene rings is 3. The van der Waals surface area contributed by atoms with Crippen LogP contribution in [0.25, 0.3) is 0 Å². The van der Waals surface area contributed by atoms with Gasteiger partial charge < -0.3 is 21.3 Å². The van der Waals surface area contributed by atoms with Crippen molar-refractivity contribution >= 4 is 34.6 Å². The maximum absolute atomic E-state index is 8.86. The van der Waals surface area contributed by atoms with Crippen LogP contribution in [0.3, 0.4) is 0 Å². The van der Waals surface area contributed by atoms with E-state index >= 15 is 0 Å². The average molecular weight is 377 g/mol. The van der Waals surface area contributed by atoms with Crippen molar-refractivity contribution in [1.29, 1.82) is 0 Å². The summed E-state index contributed by atoms with van der Waals surface area (Å²) in [5, 5.41) is 9.68. The summed E-state index contributed by atoms with van der Waals surface area (Å²) < 4.78 is 5.59. The molecule has 0 fully saturated rings. The van der Waals surface area contributed by atoms with Gasteiger partial charge in [-0.15, -0.1) is 0 Å². The van der Waals surface area contributed by atoms with Crippen LogP contribution in [0, 0.1) is 0 Å². The second kappa shape index (κ2) is 9.06. The van der Waals surface area contributed by atoms with Crippen LogP contribution >= 0.6 is 23.2 Å². The minimum absolute atomic E-state index is 0.0610. The van der Waals surface area contributed by atoms with Crippen LogP contribution in [-0.2, 0) is 6.61 Å². The Balaban J connectivity index is 0.000000212. The highest BCUT2D eigenvalue weighted by atomic mass is 35.5. The first-order valence-electron chi connectivity index (χ1n) is 7.41. The fraction of sp³-hybridized carbons (Fsp3) is 0.0526. The number of hydrogen-bond acceptors (Lipinski definition) is 4. The van der Waals surface area contributed by atoms with Crippen LogP contribution in [0.1, 0.15) is 5.56 Å². The number of phenolic OH excluding ortho intramolecular Hbond substituents is 1. The van der Waals surface area contributed by atoms with E-state index in [4.69, 9.17) is 44.5 Å². The average Bonchev–Trinajstić information content (AvgIpc) is 2.59. The first-order chi connectivity index (χ1) is 12.0. The van der Waals surface area contributed by atoms with Gasteiger partial charge in [-0.1, -0.05) is 53.5 Å². The second-order valence-corrected chi connectivity index (χ2v) is 5.99. The SMILES string of the molecule is Nc1ccc(O)c(Cl)c1.Nc1ccc(OCc2ccccc2)c(Cl)c1. The predicted molar refractivity (Wildman–Crippen MR) is 104 cm³/mol. The van der Waals surface area contributed by atoms with E-state index in [0.29, 0.717) is 28.8 Å². The van der Waals surface area contributed by atoms with Crippen molar-refractivity contribution in [2.75, 3.05) is 11.5 Å². The molecule has 0 atom stereocenters. The molecule has 0 unspecified atom stereocenters. The molecule has 3 aromatic carbocycles. The Kier molecular flexibility index (Phi) is 6.81. The van der Waals surface area contributed by atoms with E-state index in [1.165, 1.54) is 12.1 Å². The summed E-state index contributed by atoms with van der Waals surface area (Å²) in [5.74, 6) is 0.714. The van der Waals surface area contributed by atoms with E-state index < -0.39 is 0 Å². The summed E-state index contributed by atoms with van der Waals surface area (Å²) in [6.45, 7) is 0.504. The maximum atomic E-state index is 8.86. The van der Waals surface area contributed by atoms with Gasteiger partial charge in [-0.3, -0.25) is 0 Å². The van der Waals surface area contributed by atoms with Crippen molar-refractivity contribution < 1.29 is 9.84 Å². The topological polar surface area (TPSA) is 81.5 Å². The molecule has 130 valence electrons. The lowest BCUT2D eigenvalue weighted by molar-refractivity contribution is 0.306. The van der Waals surface area contributed by atoms with Crippen LogP contribution in [0.15, 0.2) is 66.7 Å². The van der Waals surface area contributed by atoms with Crippen LogP contribution < -0.4 is 16.2 Å². The van der Waals surface area contributed by atoms with Crippen LogP contribution in [0.2, 0.25) is 10.0 Å². The number of hydrogen-bond donors (Lipinski definition) is 3. The van der Waals surface area contributed by atoms with E-state index in [1.54, 1.807) is 24.3 Å². The first kappa shape index (κ1) is 18.8. The maximum Gasteiger partial charge on any atom is 0.138 e. The summed E-state index contributed by atoms with van der Waals surface area (Å²) in [6, 6.07) is 19.7. The zero-order chi connectivity index (χ0) is 18.2. The standard InChI is InChI=1S/C13H12ClNO.C6H6ClNO/c14-12-8-11(15)6-7-13(12)16-9-10-4-2-1-3-5-10;7-5-3-4(8)1-2-6(5)9/h1-8H,9,15H2;1-3,9H,8H2. The van der Waals surface area contributed by atoms with Crippen molar-refractivity contribution in [2.45, 2.75) is 6.61 Å². The summed E-state index contributed by atoms with van der Waals surface area (Å²) in [7, 11) is 0. The molecule has 0 saturated carbocycles. The molecule has 3 rings (SSSR count). The summed E-state index contributed by atoms with van der Waals surface area (Å²) in [4.78, 5) is 0. The van der Waals surface area contributed by atoms with Crippen LogP contribution in [0.4, 0.5) is 11.4 Å². The monoisotopic (exact) mass is 376 g/mol. The molecule has 0 heterocycles. The largest absolute Gasteiger partial charge is 0.506 e. The van der Waals surface area contributed by atoms with Gasteiger partial charge in [0.15, 0.2) is 0 Å². The number of aromatic hydroxyl groups is 1. The van der Waals surface area contributed by atoms with E-state index in [-0.39, 0.29) is 10.8 Å². The fourth-order valence-corrected chi connectivity index (χ4v) is 2.33. The van der Waals surface area contributed by atoms with Crippen molar-refractivity contribution in [3.8, 4) is 11.5 Å². The minimum Gasteiger partial charge on any atom is -0.506 e. The zero-order valence-electron chi connectivity index (χ0n) is 13.3. The third-order valence-electron chi connectivity index (χ3n) is 3.16. The molecule has 0 amide bonds. The van der Waals surface area contributed by atoms with Gasteiger partial charge in [0.1, 0.15) is 18.1 Å². The molecule has 5 N–H and O–H groups in total. The quantitative estimate of drug-likeness (QED) is 0.437. The van der Waals surface area contributed by atoms with Gasteiger partial charge >= 0.3 is 0 Å². The number of phenols is 1. The Morgan fingerprint density at radius 2 is 1.40 bits per heavy atom. The van der Waals surface area contributed by atoms with E-state index in [1.807, 2.05) is 30.3 Å². The zero-order valence-corrected chi connectivity index (χ0v) is 14.8. The van der Waals surface area contributed by atoms with Gasteiger partial charge in [0.25, 0.3) is 0 Å². The number of rotatable bonds is 3. The van der Waals surface area contributed by atoms with Gasteiger partial charge in [0, 0.05) is 11.4 Å². The predicted octanol–water partition coefficient (Wildman–Crippen LogP) is 5.13. The molecule has 25 heavy (non-hydrogen) atoms. The molecule has 3 aromatic rings. The fourth-order valence-electron chi connectivity index (χ4n) is 1.89. The van der Waals surface area contributed by atoms with Crippen molar-refractivity contribution in [2.24, 2.45) is 0 Å². The molecule has 0 aromatic heterocycles. The molecule has 0 radical (unpaired) electrons. The number of nitrogens with two attached hydrogens (primary N) is 2. The Labute approximate surface area is 156 Å². The Bertz CT molecular complexity index is 827. The normalized spacial score (nSPS) is 9.84. The van der Waals surface area contributed by atoms with E-state index in [0.717, 1.165) is 5.56 Å². The Morgan fingerprint density at radius 3 is 1.96 bits per heavy atom. The van der Waals surface area contributed by atoms with Crippen molar-refractivity contribution in [3.05, 3.63) is 82.3 Å². The Hall–Kier alpha value is -2.56. The van der Waals surface area contributed by atoms with Gasteiger partial charge in [-0.25, -0.2) is 0 Å². The van der Waals surface area contributed by atoms with Gasteiger partial charge in [-0.05, 0) is 42.0 Å². The van der Waals surface area contributed by atoms with E-state index in [9.17, 15) is 0 Å². The molecule has 0 saturated heterocycles. The number of nitrogen functional groups attached to an aromatic ring is 2. The highest BCUT2D eigenvalue weighted by Crippen LogP contribution is 2.27. The third kappa shape index (κ3) is 6.10. The van der Waals surface area contributed by atoms with E-state index in [2.05, 4.69) is 0 Å². The van der Waals surface area contributed by atoms with Crippen molar-refractivity contribution in [3.63, 3.8) is 0 Å². The highest BCUT2D eigenvalue weighted by Gasteiger charge is 2.01. The summed E-state index contributed by atoms with van der Waals surface area (Å²) in [6.07, 6.45) is 0. The molecule has 0 aliphatic carbocycles. The first-order valence-corrected chi connectivity index (χ1v) is 8.17. The van der Waals surface area contributed by atoms with Crippen molar-refractivity contribution in [1.82, 2.24) is 0 Å². The molecular weight excluding hydrogens is 359 g/mol. The molecular formula is C19H18Cl2N2O2. The highest BCUT2D eigenvalue weighted by molar-refractivity contribution is 6.32. The van der Waals surface area contributed by atoms with Crippen LogP contribution in [-0.4, -0.2) is 5.11 Å². The Morgan fingerprint density at radius 1 is 0.800 bits per heavy atom. The lowest BCUT2D eigenvalue weighted by Crippen LogP contribution is -1.96. The lowest BCUT2D eigenvalue weighted by atomic mass is 10.2. The van der Waals surface area contributed by atoms with Gasteiger partial charge in [0.05, 0.1) is 10.0 Å². The lowest BCUT2D eigenvalue weighted by Gasteiger charge is -2.08.